The zero-order valence-corrected chi connectivity index (χ0v) is 12.3. The van der Waals surface area contributed by atoms with Crippen molar-refractivity contribution in [1.82, 2.24) is 0 Å². The van der Waals surface area contributed by atoms with Gasteiger partial charge < -0.3 is 9.47 Å². The van der Waals surface area contributed by atoms with E-state index in [-0.39, 0.29) is 18.3 Å². The highest BCUT2D eigenvalue weighted by atomic mass is 79.9. The Morgan fingerprint density at radius 2 is 1.94 bits per heavy atom. The van der Waals surface area contributed by atoms with Crippen LogP contribution in [0, 0.1) is 0 Å². The minimum Gasteiger partial charge on any atom is -0.489 e. The van der Waals surface area contributed by atoms with Gasteiger partial charge in [-0.25, -0.2) is 0 Å². The van der Waals surface area contributed by atoms with Crippen molar-refractivity contribution in [2.75, 3.05) is 0 Å². The number of rotatable bonds is 2. The molecule has 1 aliphatic heterocycles. The molecule has 0 aliphatic carbocycles. The van der Waals surface area contributed by atoms with Crippen LogP contribution in [0.1, 0.15) is 26.7 Å². The van der Waals surface area contributed by atoms with E-state index >= 15 is 0 Å². The van der Waals surface area contributed by atoms with E-state index in [1.54, 1.807) is 0 Å². The molecule has 0 radical (unpaired) electrons. The zero-order valence-electron chi connectivity index (χ0n) is 9.95. The highest BCUT2D eigenvalue weighted by Gasteiger charge is 2.26. The van der Waals surface area contributed by atoms with Crippen LogP contribution in [-0.4, -0.2) is 18.3 Å². The molecule has 17 heavy (non-hydrogen) atoms. The SMILES string of the molecule is C[C@@H]1CC(Oc2ccc(Cl)cc2Br)C[C@H](C)O1. The molecule has 0 amide bonds. The predicted molar refractivity (Wildman–Crippen MR) is 72.8 cm³/mol. The lowest BCUT2D eigenvalue weighted by atomic mass is 10.0. The highest BCUT2D eigenvalue weighted by molar-refractivity contribution is 9.10. The second-order valence-corrected chi connectivity index (χ2v) is 5.83. The lowest BCUT2D eigenvalue weighted by Crippen LogP contribution is -2.35. The highest BCUT2D eigenvalue weighted by Crippen LogP contribution is 2.31. The van der Waals surface area contributed by atoms with Crippen LogP contribution in [0.25, 0.3) is 0 Å². The molecule has 1 fully saturated rings. The fourth-order valence-corrected chi connectivity index (χ4v) is 2.97. The van der Waals surface area contributed by atoms with Gasteiger partial charge in [-0.05, 0) is 48.0 Å². The third kappa shape index (κ3) is 3.60. The first-order valence-electron chi connectivity index (χ1n) is 5.81. The minimum atomic E-state index is 0.214. The molecule has 1 saturated heterocycles. The topological polar surface area (TPSA) is 18.5 Å². The van der Waals surface area contributed by atoms with Gasteiger partial charge in [0, 0.05) is 17.9 Å². The smallest absolute Gasteiger partial charge is 0.134 e. The molecule has 1 unspecified atom stereocenters. The van der Waals surface area contributed by atoms with Gasteiger partial charge in [-0.3, -0.25) is 0 Å². The van der Waals surface area contributed by atoms with Crippen LogP contribution < -0.4 is 4.74 Å². The first-order valence-corrected chi connectivity index (χ1v) is 6.99. The van der Waals surface area contributed by atoms with Gasteiger partial charge in [0.2, 0.25) is 0 Å². The Morgan fingerprint density at radius 1 is 1.29 bits per heavy atom. The van der Waals surface area contributed by atoms with Gasteiger partial charge in [-0.15, -0.1) is 0 Å². The van der Waals surface area contributed by atoms with Crippen molar-refractivity contribution in [3.05, 3.63) is 27.7 Å². The molecule has 0 spiro atoms. The van der Waals surface area contributed by atoms with E-state index in [0.717, 1.165) is 23.1 Å². The first kappa shape index (κ1) is 13.2. The number of hydrogen-bond acceptors (Lipinski definition) is 2. The summed E-state index contributed by atoms with van der Waals surface area (Å²) in [6, 6.07) is 5.59. The largest absolute Gasteiger partial charge is 0.489 e. The van der Waals surface area contributed by atoms with E-state index in [1.807, 2.05) is 18.2 Å². The summed E-state index contributed by atoms with van der Waals surface area (Å²) in [5.41, 5.74) is 0. The van der Waals surface area contributed by atoms with Crippen molar-refractivity contribution >= 4 is 27.5 Å². The van der Waals surface area contributed by atoms with Gasteiger partial charge >= 0.3 is 0 Å². The Bertz CT molecular complexity index is 387. The lowest BCUT2D eigenvalue weighted by Gasteiger charge is -2.32. The van der Waals surface area contributed by atoms with Gasteiger partial charge in [-0.1, -0.05) is 11.6 Å². The predicted octanol–water partition coefficient (Wildman–Crippen LogP) is 4.44. The summed E-state index contributed by atoms with van der Waals surface area (Å²) in [5, 5.41) is 0.706. The summed E-state index contributed by atoms with van der Waals surface area (Å²) < 4.78 is 12.6. The maximum Gasteiger partial charge on any atom is 0.134 e. The summed E-state index contributed by atoms with van der Waals surface area (Å²) in [5.74, 6) is 0.848. The average Bonchev–Trinajstić information content (AvgIpc) is 2.21. The number of benzene rings is 1. The monoisotopic (exact) mass is 318 g/mol. The van der Waals surface area contributed by atoms with E-state index in [4.69, 9.17) is 21.1 Å². The van der Waals surface area contributed by atoms with E-state index in [0.29, 0.717) is 5.02 Å². The Hall–Kier alpha value is -0.250. The second kappa shape index (κ2) is 5.59. The maximum absolute atomic E-state index is 6.00. The number of ether oxygens (including phenoxy) is 2. The fraction of sp³-hybridized carbons (Fsp3) is 0.538. The average molecular weight is 320 g/mol. The van der Waals surface area contributed by atoms with Crippen LogP contribution in [0.4, 0.5) is 0 Å². The van der Waals surface area contributed by atoms with Gasteiger partial charge in [0.05, 0.1) is 16.7 Å². The third-order valence-electron chi connectivity index (χ3n) is 2.84. The lowest BCUT2D eigenvalue weighted by molar-refractivity contribution is -0.0722. The molecule has 0 bridgehead atoms. The normalized spacial score (nSPS) is 29.1. The molecule has 0 N–H and O–H groups in total. The zero-order chi connectivity index (χ0) is 12.4. The van der Waals surface area contributed by atoms with Crippen molar-refractivity contribution in [1.29, 1.82) is 0 Å². The van der Waals surface area contributed by atoms with E-state index in [9.17, 15) is 0 Å². The summed E-state index contributed by atoms with van der Waals surface area (Å²) in [6.07, 6.45) is 2.59. The molecule has 4 heteroatoms. The molecule has 1 aliphatic rings. The van der Waals surface area contributed by atoms with Crippen molar-refractivity contribution in [3.63, 3.8) is 0 Å². The quantitative estimate of drug-likeness (QED) is 0.802. The fourth-order valence-electron chi connectivity index (χ4n) is 2.19. The molecule has 1 heterocycles. The van der Waals surface area contributed by atoms with Crippen molar-refractivity contribution in [2.24, 2.45) is 0 Å². The van der Waals surface area contributed by atoms with E-state index in [1.165, 1.54) is 0 Å². The standard InChI is InChI=1S/C13H16BrClO2/c1-8-5-11(6-9(2)16-8)17-13-4-3-10(15)7-12(13)14/h3-4,7-9,11H,5-6H2,1-2H3/t8-,9+,11?. The third-order valence-corrected chi connectivity index (χ3v) is 3.70. The molecular weight excluding hydrogens is 303 g/mol. The molecule has 0 aromatic heterocycles. The van der Waals surface area contributed by atoms with Gasteiger partial charge in [0.15, 0.2) is 0 Å². The Labute approximate surface area is 115 Å². The summed E-state index contributed by atoms with van der Waals surface area (Å²) in [6.45, 7) is 4.17. The minimum absolute atomic E-state index is 0.214. The molecule has 1 aromatic rings. The van der Waals surface area contributed by atoms with Gasteiger partial charge in [-0.2, -0.15) is 0 Å². The molecule has 0 saturated carbocycles. The van der Waals surface area contributed by atoms with Crippen LogP contribution in [-0.2, 0) is 4.74 Å². The summed E-state index contributed by atoms with van der Waals surface area (Å²) >= 11 is 9.36. The molecule has 2 rings (SSSR count). The summed E-state index contributed by atoms with van der Waals surface area (Å²) in [4.78, 5) is 0. The van der Waals surface area contributed by atoms with Crippen LogP contribution in [0.3, 0.4) is 0 Å². The molecule has 94 valence electrons. The molecular formula is C13H16BrClO2. The van der Waals surface area contributed by atoms with Gasteiger partial charge in [0.25, 0.3) is 0 Å². The second-order valence-electron chi connectivity index (χ2n) is 4.54. The van der Waals surface area contributed by atoms with Crippen LogP contribution >= 0.6 is 27.5 Å². The summed E-state index contributed by atoms with van der Waals surface area (Å²) in [7, 11) is 0. The molecule has 2 nitrogen and oxygen atoms in total. The van der Waals surface area contributed by atoms with E-state index < -0.39 is 0 Å². The Kier molecular flexibility index (Phi) is 4.34. The van der Waals surface area contributed by atoms with Crippen LogP contribution in [0.2, 0.25) is 5.02 Å². The van der Waals surface area contributed by atoms with Crippen molar-refractivity contribution < 1.29 is 9.47 Å². The maximum atomic E-state index is 6.00. The molecule has 3 atom stereocenters. The molecule has 1 aromatic carbocycles. The Balaban J connectivity index is 2.04. The van der Waals surface area contributed by atoms with Crippen LogP contribution in [0.5, 0.6) is 5.75 Å². The number of halogens is 2. The van der Waals surface area contributed by atoms with Crippen molar-refractivity contribution in [2.45, 2.75) is 45.0 Å². The first-order chi connectivity index (χ1) is 8.04. The van der Waals surface area contributed by atoms with E-state index in [2.05, 4.69) is 29.8 Å². The van der Waals surface area contributed by atoms with Crippen molar-refractivity contribution in [3.8, 4) is 5.75 Å². The Morgan fingerprint density at radius 3 is 2.53 bits per heavy atom. The number of hydrogen-bond donors (Lipinski definition) is 0. The van der Waals surface area contributed by atoms with Crippen LogP contribution in [0.15, 0.2) is 22.7 Å². The van der Waals surface area contributed by atoms with Gasteiger partial charge in [0.1, 0.15) is 11.9 Å².